The van der Waals surface area contributed by atoms with Crippen LogP contribution in [0.1, 0.15) is 0 Å². The van der Waals surface area contributed by atoms with Gasteiger partial charge in [-0.1, -0.05) is 0 Å². The number of hydrogen-bond donors (Lipinski definition) is 0. The van der Waals surface area contributed by atoms with Gasteiger partial charge in [-0.15, -0.1) is 0 Å². The van der Waals surface area contributed by atoms with Crippen LogP contribution in [0.25, 0.3) is 0 Å². The predicted octanol–water partition coefficient (Wildman–Crippen LogP) is -6.96. The first-order valence-corrected chi connectivity index (χ1v) is 3.58. The van der Waals surface area contributed by atoms with Crippen LogP contribution >= 0.6 is 0 Å². The van der Waals surface area contributed by atoms with Gasteiger partial charge < -0.3 is 19.8 Å². The van der Waals surface area contributed by atoms with Crippen LogP contribution in [-0.2, 0) is 9.59 Å². The molecule has 0 aliphatic rings. The molecule has 0 saturated heterocycles. The fraction of sp³-hybridized carbons (Fsp3) is 0.667. The molecule has 0 aliphatic heterocycles. The molecule has 20 heavy (non-hydrogen) atoms. The Bertz CT molecular complexity index is 349. The third kappa shape index (κ3) is 3.58. The molecule has 0 N–H and O–H groups in total. The number of carbonyl (C=O) groups excluding carboxylic acids is 2. The molecule has 0 fully saturated rings. The molecule has 0 spiro atoms. The molecule has 4 nitrogen and oxygen atoms in total. The van der Waals surface area contributed by atoms with Gasteiger partial charge in [0.1, 0.15) is 11.9 Å². The number of aliphatic carboxylic acids is 2. The number of alkyl halides is 8. The average Bonchev–Trinajstić information content (AvgIpc) is 2.15. The molecule has 0 aromatic rings. The van der Waals surface area contributed by atoms with Crippen LogP contribution in [0.4, 0.5) is 35.1 Å². The summed E-state index contributed by atoms with van der Waals surface area (Å²) in [6.07, 6.45) is 0. The molecule has 0 saturated carbocycles. The summed E-state index contributed by atoms with van der Waals surface area (Å²) in [6, 6.07) is 0. The summed E-state index contributed by atoms with van der Waals surface area (Å²) in [6.45, 7) is 0. The van der Waals surface area contributed by atoms with Crippen LogP contribution in [0.2, 0.25) is 0 Å². The molecular weight excluding hydrogens is 334 g/mol. The number of hydrogen-bond acceptors (Lipinski definition) is 4. The van der Waals surface area contributed by atoms with Crippen molar-refractivity contribution in [1.29, 1.82) is 0 Å². The molecule has 0 bridgehead atoms. The van der Waals surface area contributed by atoms with Crippen molar-refractivity contribution in [3.8, 4) is 0 Å². The first-order chi connectivity index (χ1) is 7.64. The Morgan fingerprint density at radius 1 is 0.600 bits per heavy atom. The van der Waals surface area contributed by atoms with Gasteiger partial charge in [-0.2, -0.15) is 35.1 Å². The Morgan fingerprint density at radius 2 is 0.750 bits per heavy atom. The minimum atomic E-state index is -7.22. The fourth-order valence-electron chi connectivity index (χ4n) is 0.651. The van der Waals surface area contributed by atoms with Gasteiger partial charge in [0.2, 0.25) is 0 Å². The number of halogens is 8. The van der Waals surface area contributed by atoms with Gasteiger partial charge >= 0.3 is 82.8 Å². The molecule has 0 aromatic heterocycles. The molecule has 0 unspecified atom stereocenters. The van der Waals surface area contributed by atoms with Gasteiger partial charge in [-0.05, 0) is 0 Å². The first-order valence-electron chi connectivity index (χ1n) is 3.58. The van der Waals surface area contributed by atoms with Crippen LogP contribution in [0.5, 0.6) is 0 Å². The maximum Gasteiger partial charge on any atom is 1.00 e. The predicted molar refractivity (Wildman–Crippen MR) is 29.8 cm³/mol. The SMILES string of the molecule is O=C([O-])C(F)(F)C(F)(F)C(F)(F)C(F)(F)C(=O)[O-].[Na+].[Na+]. The second kappa shape index (κ2) is 7.09. The topological polar surface area (TPSA) is 80.3 Å². The van der Waals surface area contributed by atoms with E-state index in [1.54, 1.807) is 0 Å². The van der Waals surface area contributed by atoms with Crippen molar-refractivity contribution in [2.75, 3.05) is 0 Å². The van der Waals surface area contributed by atoms with Crippen molar-refractivity contribution in [2.24, 2.45) is 0 Å². The zero-order valence-corrected chi connectivity index (χ0v) is 13.7. The Labute approximate surface area is 149 Å². The summed E-state index contributed by atoms with van der Waals surface area (Å²) in [5.41, 5.74) is 0. The summed E-state index contributed by atoms with van der Waals surface area (Å²) >= 11 is 0. The van der Waals surface area contributed by atoms with Crippen LogP contribution in [-0.4, -0.2) is 35.6 Å². The molecule has 0 atom stereocenters. The van der Waals surface area contributed by atoms with Crippen molar-refractivity contribution in [3.63, 3.8) is 0 Å². The first kappa shape index (κ1) is 25.3. The van der Waals surface area contributed by atoms with Crippen LogP contribution in [0.15, 0.2) is 0 Å². The standard InChI is InChI=1S/C6H2F8O4.2Na/c7-3(8,1(15)16)5(11,12)6(13,14)4(9,10)2(17)18;;/h(H,15,16)(H,17,18);;/q;2*+1/p-2. The normalized spacial score (nSPS) is 13.0. The van der Waals surface area contributed by atoms with Gasteiger partial charge in [0.25, 0.3) is 0 Å². The van der Waals surface area contributed by atoms with Gasteiger partial charge in [0.15, 0.2) is 0 Å². The van der Waals surface area contributed by atoms with Crippen LogP contribution in [0.3, 0.4) is 0 Å². The smallest absolute Gasteiger partial charge is 0.544 e. The van der Waals surface area contributed by atoms with Crippen molar-refractivity contribution in [3.05, 3.63) is 0 Å². The number of carboxylic acids is 2. The van der Waals surface area contributed by atoms with Crippen molar-refractivity contribution in [2.45, 2.75) is 23.7 Å². The van der Waals surface area contributed by atoms with E-state index in [0.717, 1.165) is 0 Å². The molecule has 0 radical (unpaired) electrons. The molecule has 0 heterocycles. The average molecular weight is 334 g/mol. The van der Waals surface area contributed by atoms with E-state index in [4.69, 9.17) is 0 Å². The summed E-state index contributed by atoms with van der Waals surface area (Å²) in [4.78, 5) is 19.1. The van der Waals surface area contributed by atoms with E-state index in [1.165, 1.54) is 0 Å². The maximum absolute atomic E-state index is 12.4. The van der Waals surface area contributed by atoms with E-state index in [-0.39, 0.29) is 59.1 Å². The number of carboxylic acid groups (broad SMARTS) is 2. The Hall–Kier alpha value is 0.380. The quantitative estimate of drug-likeness (QED) is 0.370. The summed E-state index contributed by atoms with van der Waals surface area (Å²) < 4.78 is 98.3. The van der Waals surface area contributed by atoms with E-state index in [9.17, 15) is 54.9 Å². The zero-order valence-electron chi connectivity index (χ0n) is 9.66. The third-order valence-corrected chi connectivity index (χ3v) is 1.70. The van der Waals surface area contributed by atoms with Gasteiger partial charge in [0.05, 0.1) is 0 Å². The molecule has 106 valence electrons. The molecule has 0 aromatic carbocycles. The monoisotopic (exact) mass is 334 g/mol. The second-order valence-corrected chi connectivity index (χ2v) is 2.87. The summed E-state index contributed by atoms with van der Waals surface area (Å²) in [5, 5.41) is 19.1. The summed E-state index contributed by atoms with van der Waals surface area (Å²) in [5.74, 6) is -36.1. The minimum absolute atomic E-state index is 0. The molecule has 0 aliphatic carbocycles. The van der Waals surface area contributed by atoms with Crippen LogP contribution < -0.4 is 69.3 Å². The molecular formula is C6F8Na2O4. The molecule has 0 amide bonds. The van der Waals surface area contributed by atoms with Crippen molar-refractivity contribution in [1.82, 2.24) is 0 Å². The third-order valence-electron chi connectivity index (χ3n) is 1.70. The molecule has 14 heteroatoms. The van der Waals surface area contributed by atoms with E-state index >= 15 is 0 Å². The van der Waals surface area contributed by atoms with E-state index in [2.05, 4.69) is 0 Å². The minimum Gasteiger partial charge on any atom is -0.544 e. The Balaban J connectivity index is -0.00000144. The van der Waals surface area contributed by atoms with Crippen LogP contribution in [0, 0.1) is 0 Å². The number of rotatable bonds is 5. The largest absolute Gasteiger partial charge is 1.00 e. The summed E-state index contributed by atoms with van der Waals surface area (Å²) in [7, 11) is 0. The second-order valence-electron chi connectivity index (χ2n) is 2.87. The van der Waals surface area contributed by atoms with Gasteiger partial charge in [-0.25, -0.2) is 0 Å². The van der Waals surface area contributed by atoms with Gasteiger partial charge in [-0.3, -0.25) is 0 Å². The van der Waals surface area contributed by atoms with E-state index < -0.39 is 35.6 Å². The van der Waals surface area contributed by atoms with E-state index in [1.807, 2.05) is 0 Å². The molecule has 0 rings (SSSR count). The van der Waals surface area contributed by atoms with Crippen molar-refractivity contribution >= 4 is 11.9 Å². The zero-order chi connectivity index (χ0) is 15.2. The Morgan fingerprint density at radius 3 is 0.850 bits per heavy atom. The van der Waals surface area contributed by atoms with E-state index in [0.29, 0.717) is 0 Å². The Kier molecular flexibility index (Phi) is 8.99. The van der Waals surface area contributed by atoms with Crippen molar-refractivity contribution < 1.29 is 114 Å². The van der Waals surface area contributed by atoms with Gasteiger partial charge in [0, 0.05) is 0 Å². The number of carbonyl (C=O) groups is 2. The fourth-order valence-corrected chi connectivity index (χ4v) is 0.651. The maximum atomic E-state index is 12.4.